The highest BCUT2D eigenvalue weighted by atomic mass is 32.2. The molecule has 0 spiro atoms. The third-order valence-corrected chi connectivity index (χ3v) is 4.23. The molecule has 0 atom stereocenters. The summed E-state index contributed by atoms with van der Waals surface area (Å²) < 4.78 is 31.0. The van der Waals surface area contributed by atoms with Crippen molar-refractivity contribution < 1.29 is 13.5 Å². The van der Waals surface area contributed by atoms with Crippen LogP contribution in [0.2, 0.25) is 0 Å². The number of nitrogens with zero attached hydrogens (tertiary/aromatic N) is 2. The van der Waals surface area contributed by atoms with Crippen LogP contribution in [0, 0.1) is 0 Å². The molecule has 6 heteroatoms. The van der Waals surface area contributed by atoms with Gasteiger partial charge in [0.05, 0.1) is 11.9 Å². The van der Waals surface area contributed by atoms with E-state index in [0.29, 0.717) is 0 Å². The number of rotatable bonds is 6. The van der Waals surface area contributed by atoms with Crippen molar-refractivity contribution in [2.75, 3.05) is 5.75 Å². The van der Waals surface area contributed by atoms with Crippen LogP contribution in [0.15, 0.2) is 66.0 Å². The van der Waals surface area contributed by atoms with Crippen molar-refractivity contribution >= 4 is 11.8 Å². The first-order valence-electron chi connectivity index (χ1n) is 7.50. The third kappa shape index (κ3) is 3.59. The smallest absolute Gasteiger partial charge is 0.387 e. The van der Waals surface area contributed by atoms with Crippen LogP contribution in [0.5, 0.6) is 5.75 Å². The van der Waals surface area contributed by atoms with Gasteiger partial charge in [0.1, 0.15) is 5.75 Å². The molecule has 24 heavy (non-hydrogen) atoms. The van der Waals surface area contributed by atoms with Gasteiger partial charge in [-0.2, -0.15) is 8.78 Å². The Morgan fingerprint density at radius 2 is 1.79 bits per heavy atom. The van der Waals surface area contributed by atoms with Gasteiger partial charge in [0.2, 0.25) is 0 Å². The first-order valence-corrected chi connectivity index (χ1v) is 8.49. The average Bonchev–Trinajstić information content (AvgIpc) is 3.00. The number of aromatic nitrogens is 2. The Morgan fingerprint density at radius 3 is 2.42 bits per heavy atom. The molecule has 0 saturated carbocycles. The summed E-state index contributed by atoms with van der Waals surface area (Å²) in [6, 6.07) is 16.5. The van der Waals surface area contributed by atoms with E-state index in [0.717, 1.165) is 27.9 Å². The van der Waals surface area contributed by atoms with Crippen LogP contribution in [-0.4, -0.2) is 21.9 Å². The minimum absolute atomic E-state index is 0.139. The van der Waals surface area contributed by atoms with Gasteiger partial charge in [0.25, 0.3) is 0 Å². The molecule has 1 aromatic heterocycles. The first-order chi connectivity index (χ1) is 11.7. The fraction of sp³-hybridized carbons (Fsp3) is 0.167. The number of imidazole rings is 1. The predicted octanol–water partition coefficient (Wildman–Crippen LogP) is 5.25. The van der Waals surface area contributed by atoms with E-state index in [1.165, 1.54) is 12.1 Å². The van der Waals surface area contributed by atoms with Crippen molar-refractivity contribution in [2.45, 2.75) is 18.7 Å². The minimum Gasteiger partial charge on any atom is -0.435 e. The summed E-state index contributed by atoms with van der Waals surface area (Å²) in [5.74, 6) is 1.03. The fourth-order valence-corrected chi connectivity index (χ4v) is 3.12. The summed E-state index contributed by atoms with van der Waals surface area (Å²) in [6.45, 7) is -0.763. The summed E-state index contributed by atoms with van der Waals surface area (Å²) in [5.41, 5.74) is 2.85. The van der Waals surface area contributed by atoms with E-state index in [2.05, 4.69) is 16.6 Å². The molecule has 0 saturated heterocycles. The molecule has 0 aliphatic rings. The molecule has 0 amide bonds. The molecule has 0 unspecified atom stereocenters. The normalized spacial score (nSPS) is 11.0. The summed E-state index contributed by atoms with van der Waals surface area (Å²) in [7, 11) is 0. The van der Waals surface area contributed by atoms with Gasteiger partial charge in [0.15, 0.2) is 5.16 Å². The summed E-state index contributed by atoms with van der Waals surface area (Å²) in [6.07, 6.45) is 1.83. The van der Waals surface area contributed by atoms with Gasteiger partial charge in [-0.15, -0.1) is 0 Å². The second kappa shape index (κ2) is 7.49. The Balaban J connectivity index is 2.03. The molecule has 1 heterocycles. The lowest BCUT2D eigenvalue weighted by molar-refractivity contribution is -0.0498. The zero-order valence-electron chi connectivity index (χ0n) is 13.0. The summed E-state index contributed by atoms with van der Waals surface area (Å²) in [5, 5.41) is 0.860. The van der Waals surface area contributed by atoms with Crippen LogP contribution < -0.4 is 4.74 Å². The lowest BCUT2D eigenvalue weighted by atomic mass is 10.1. The maximum Gasteiger partial charge on any atom is 0.387 e. The van der Waals surface area contributed by atoms with Gasteiger partial charge >= 0.3 is 6.61 Å². The largest absolute Gasteiger partial charge is 0.435 e. The highest BCUT2D eigenvalue weighted by molar-refractivity contribution is 7.99. The molecule has 0 bridgehead atoms. The molecular formula is C18H16F2N2OS. The first kappa shape index (κ1) is 16.5. The highest BCUT2D eigenvalue weighted by Gasteiger charge is 2.14. The van der Waals surface area contributed by atoms with Crippen LogP contribution >= 0.6 is 11.8 Å². The van der Waals surface area contributed by atoms with Gasteiger partial charge < -0.3 is 4.74 Å². The summed E-state index contributed by atoms with van der Waals surface area (Å²) >= 11 is 1.63. The van der Waals surface area contributed by atoms with Gasteiger partial charge in [-0.05, 0) is 30.0 Å². The molecule has 0 aliphatic heterocycles. The number of halogens is 2. The van der Waals surface area contributed by atoms with Gasteiger partial charge in [-0.3, -0.25) is 4.57 Å². The zero-order chi connectivity index (χ0) is 16.9. The van der Waals surface area contributed by atoms with E-state index in [4.69, 9.17) is 0 Å². The maximum absolute atomic E-state index is 12.3. The van der Waals surface area contributed by atoms with E-state index in [-0.39, 0.29) is 5.75 Å². The topological polar surface area (TPSA) is 27.1 Å². The van der Waals surface area contributed by atoms with Crippen LogP contribution in [0.25, 0.3) is 16.9 Å². The number of benzene rings is 2. The SMILES string of the molecule is CCSc1ncc(-c2ccccc2)n1-c1ccc(OC(F)F)cc1. The van der Waals surface area contributed by atoms with Crippen molar-refractivity contribution in [3.63, 3.8) is 0 Å². The molecular weight excluding hydrogens is 330 g/mol. The lowest BCUT2D eigenvalue weighted by Crippen LogP contribution is -2.03. The van der Waals surface area contributed by atoms with Gasteiger partial charge in [0, 0.05) is 11.3 Å². The number of alkyl halides is 2. The van der Waals surface area contributed by atoms with E-state index < -0.39 is 6.61 Å². The van der Waals surface area contributed by atoms with Crippen LogP contribution in [0.4, 0.5) is 8.78 Å². The van der Waals surface area contributed by atoms with Crippen LogP contribution in [0.1, 0.15) is 6.92 Å². The van der Waals surface area contributed by atoms with Crippen molar-refractivity contribution in [3.8, 4) is 22.7 Å². The van der Waals surface area contributed by atoms with Crippen molar-refractivity contribution in [1.29, 1.82) is 0 Å². The molecule has 0 aliphatic carbocycles. The number of hydrogen-bond acceptors (Lipinski definition) is 3. The molecule has 0 radical (unpaired) electrons. The Morgan fingerprint density at radius 1 is 1.08 bits per heavy atom. The van der Waals surface area contributed by atoms with E-state index in [9.17, 15) is 8.78 Å². The zero-order valence-corrected chi connectivity index (χ0v) is 13.8. The van der Waals surface area contributed by atoms with E-state index >= 15 is 0 Å². The Hall–Kier alpha value is -2.34. The second-order valence-electron chi connectivity index (χ2n) is 4.93. The second-order valence-corrected chi connectivity index (χ2v) is 6.16. The minimum atomic E-state index is -2.82. The summed E-state index contributed by atoms with van der Waals surface area (Å²) in [4.78, 5) is 4.50. The standard InChI is InChI=1S/C18H16F2N2OS/c1-2-24-18-21-12-16(13-6-4-3-5-7-13)22(18)14-8-10-15(11-9-14)23-17(19)20/h3-12,17H,2H2,1H3. The molecule has 2 aromatic carbocycles. The molecule has 3 nitrogen and oxygen atoms in total. The third-order valence-electron chi connectivity index (χ3n) is 3.39. The Kier molecular flexibility index (Phi) is 5.15. The van der Waals surface area contributed by atoms with Gasteiger partial charge in [-0.25, -0.2) is 4.98 Å². The van der Waals surface area contributed by atoms with Gasteiger partial charge in [-0.1, -0.05) is 49.0 Å². The average molecular weight is 346 g/mol. The molecule has 0 fully saturated rings. The van der Waals surface area contributed by atoms with Crippen molar-refractivity contribution in [1.82, 2.24) is 9.55 Å². The highest BCUT2D eigenvalue weighted by Crippen LogP contribution is 2.30. The fourth-order valence-electron chi connectivity index (χ4n) is 2.40. The van der Waals surface area contributed by atoms with Crippen LogP contribution in [0.3, 0.4) is 0 Å². The molecule has 3 aromatic rings. The van der Waals surface area contributed by atoms with Crippen molar-refractivity contribution in [2.24, 2.45) is 0 Å². The monoisotopic (exact) mass is 346 g/mol. The molecule has 124 valence electrons. The quantitative estimate of drug-likeness (QED) is 0.570. The Labute approximate surface area is 143 Å². The number of hydrogen-bond donors (Lipinski definition) is 0. The number of ether oxygens (including phenoxy) is 1. The van der Waals surface area contributed by atoms with E-state index in [1.807, 2.05) is 41.1 Å². The molecule has 3 rings (SSSR count). The molecule has 0 N–H and O–H groups in total. The van der Waals surface area contributed by atoms with Crippen LogP contribution in [-0.2, 0) is 0 Å². The van der Waals surface area contributed by atoms with E-state index in [1.54, 1.807) is 23.9 Å². The Bertz CT molecular complexity index is 789. The number of thioether (sulfide) groups is 1. The lowest BCUT2D eigenvalue weighted by Gasteiger charge is -2.12. The van der Waals surface area contributed by atoms with Crippen molar-refractivity contribution in [3.05, 3.63) is 60.8 Å². The predicted molar refractivity (Wildman–Crippen MR) is 92.0 cm³/mol. The maximum atomic E-state index is 12.3.